The number of fused-ring (bicyclic) bond motifs is 3. The SMILES string of the molecule is C=C/C=C1/CCC2C(C1CCC)C(c1ccc(N(C)C(C)(C)C)cc1)CC1(C)C2CCP1#CC(C)(C)C. The summed E-state index contributed by atoms with van der Waals surface area (Å²) < 4.78 is 0. The Hall–Kier alpha value is -1.42. The molecule has 3 fully saturated rings. The topological polar surface area (TPSA) is 3.24 Å². The molecule has 0 bridgehead atoms. The summed E-state index contributed by atoms with van der Waals surface area (Å²) in [5.74, 6) is 3.80. The maximum Gasteiger partial charge on any atom is 0.0368 e. The molecule has 1 nitrogen and oxygen atoms in total. The van der Waals surface area contributed by atoms with E-state index in [1.807, 2.05) is 0 Å². The van der Waals surface area contributed by atoms with E-state index >= 15 is 0 Å². The number of allylic oxidation sites excluding steroid dienone is 3. The molecule has 1 aromatic rings. The molecule has 2 aliphatic carbocycles. The zero-order chi connectivity index (χ0) is 27.2. The Bertz CT molecular complexity index is 1080. The number of benzene rings is 1. The van der Waals surface area contributed by atoms with Gasteiger partial charge in [-0.2, -0.15) is 0 Å². The van der Waals surface area contributed by atoms with Crippen LogP contribution in [0.25, 0.3) is 0 Å². The van der Waals surface area contributed by atoms with Gasteiger partial charge >= 0.3 is 0 Å². The monoisotopic (exact) mass is 519 g/mol. The molecule has 4 rings (SSSR count). The third-order valence-electron chi connectivity index (χ3n) is 10.0. The van der Waals surface area contributed by atoms with Crippen LogP contribution in [-0.2, 0) is 0 Å². The summed E-state index contributed by atoms with van der Waals surface area (Å²) in [4.78, 5) is 2.41. The van der Waals surface area contributed by atoms with Gasteiger partial charge in [0.1, 0.15) is 0 Å². The second-order valence-electron chi connectivity index (χ2n) is 14.6. The molecule has 37 heavy (non-hydrogen) atoms. The average Bonchev–Trinajstić information content (AvgIpc) is 3.13. The van der Waals surface area contributed by atoms with E-state index in [0.717, 1.165) is 17.8 Å². The standard InChI is InChI=1S/C35H54NP/c1-11-13-25-17-20-29-31-21-22-37(24-33(3,4)5)35(31,9)23-30(32(29)28(25)14-12-2)26-15-18-27(19-16-26)36(10)34(6,7)8/h11,13,15-16,18-19,28-32H,1,12,14,17,20-23H2,2-10H3/b25-13-. The van der Waals surface area contributed by atoms with Gasteiger partial charge in [0.2, 0.25) is 0 Å². The fourth-order valence-corrected chi connectivity index (χ4v) is 11.5. The van der Waals surface area contributed by atoms with E-state index in [-0.39, 0.29) is 18.3 Å². The number of nitrogens with zero attached hydrogens (tertiary/aromatic N) is 1. The van der Waals surface area contributed by atoms with Crippen LogP contribution in [0.15, 0.2) is 48.6 Å². The van der Waals surface area contributed by atoms with Crippen molar-refractivity contribution in [2.24, 2.45) is 29.1 Å². The highest BCUT2D eigenvalue weighted by Crippen LogP contribution is 2.68. The van der Waals surface area contributed by atoms with Crippen molar-refractivity contribution in [1.82, 2.24) is 0 Å². The lowest BCUT2D eigenvalue weighted by molar-refractivity contribution is 0.0395. The lowest BCUT2D eigenvalue weighted by atomic mass is 9.51. The maximum atomic E-state index is 4.16. The molecule has 0 N–H and O–H groups in total. The van der Waals surface area contributed by atoms with E-state index in [2.05, 4.69) is 116 Å². The van der Waals surface area contributed by atoms with Gasteiger partial charge in [-0.05, 0) is 127 Å². The Morgan fingerprint density at radius 3 is 2.35 bits per heavy atom. The average molecular weight is 520 g/mol. The van der Waals surface area contributed by atoms with Crippen LogP contribution in [0.5, 0.6) is 0 Å². The summed E-state index contributed by atoms with van der Waals surface area (Å²) in [6, 6.07) is 9.78. The van der Waals surface area contributed by atoms with Crippen LogP contribution in [0.3, 0.4) is 0 Å². The summed E-state index contributed by atoms with van der Waals surface area (Å²) in [5.41, 5.74) is 9.07. The van der Waals surface area contributed by atoms with Crippen LogP contribution in [-0.4, -0.2) is 23.9 Å². The summed E-state index contributed by atoms with van der Waals surface area (Å²) in [7, 11) is 2.05. The molecular weight excluding hydrogens is 465 g/mol. The van der Waals surface area contributed by atoms with E-state index < -0.39 is 0 Å². The molecule has 0 amide bonds. The predicted molar refractivity (Wildman–Crippen MR) is 166 cm³/mol. The predicted octanol–water partition coefficient (Wildman–Crippen LogP) is 10.2. The second-order valence-corrected chi connectivity index (χ2v) is 17.1. The summed E-state index contributed by atoms with van der Waals surface area (Å²) in [6.45, 7) is 23.1. The highest BCUT2D eigenvalue weighted by atomic mass is 31.1. The zero-order valence-corrected chi connectivity index (χ0v) is 26.3. The van der Waals surface area contributed by atoms with E-state index in [0.29, 0.717) is 17.0 Å². The van der Waals surface area contributed by atoms with Crippen molar-refractivity contribution < 1.29 is 0 Å². The number of anilines is 1. The normalized spacial score (nSPS) is 34.0. The molecule has 1 heterocycles. The summed E-state index contributed by atoms with van der Waals surface area (Å²) in [5, 5.41) is 0.422. The van der Waals surface area contributed by atoms with Gasteiger partial charge in [0.15, 0.2) is 0 Å². The first-order chi connectivity index (χ1) is 17.3. The van der Waals surface area contributed by atoms with Crippen LogP contribution in [0.4, 0.5) is 5.69 Å². The van der Waals surface area contributed by atoms with E-state index in [1.54, 1.807) is 11.1 Å². The lowest BCUT2D eigenvalue weighted by Crippen LogP contribution is -2.49. The van der Waals surface area contributed by atoms with E-state index in [4.69, 9.17) is 0 Å². The lowest BCUT2D eigenvalue weighted by Gasteiger charge is -2.56. The van der Waals surface area contributed by atoms with Crippen molar-refractivity contribution >= 4 is 13.1 Å². The third kappa shape index (κ3) is 5.65. The fraction of sp³-hybridized carbons (Fsp3) is 0.686. The van der Waals surface area contributed by atoms with Crippen LogP contribution >= 0.6 is 7.38 Å². The molecule has 1 aromatic carbocycles. The van der Waals surface area contributed by atoms with E-state index in [1.165, 1.54) is 50.4 Å². The number of hydrogen-bond acceptors (Lipinski definition) is 1. The van der Waals surface area contributed by atoms with Crippen LogP contribution in [0.2, 0.25) is 0 Å². The van der Waals surface area contributed by atoms with Crippen LogP contribution in [0.1, 0.15) is 105 Å². The summed E-state index contributed by atoms with van der Waals surface area (Å²) >= 11 is 0. The molecule has 3 aliphatic rings. The van der Waals surface area contributed by atoms with Crippen molar-refractivity contribution in [2.75, 3.05) is 18.1 Å². The highest BCUT2D eigenvalue weighted by Gasteiger charge is 2.57. The third-order valence-corrected chi connectivity index (χ3v) is 13.4. The maximum absolute atomic E-state index is 4.16. The first-order valence-electron chi connectivity index (χ1n) is 15.0. The quantitative estimate of drug-likeness (QED) is 0.350. The smallest absolute Gasteiger partial charge is 0.0368 e. The van der Waals surface area contributed by atoms with Crippen molar-refractivity contribution in [3.8, 4) is 5.63 Å². The Balaban J connectivity index is 1.81. The Labute approximate surface area is 230 Å². The first kappa shape index (κ1) is 28.6. The van der Waals surface area contributed by atoms with Crippen LogP contribution < -0.4 is 4.90 Å². The van der Waals surface area contributed by atoms with Gasteiger partial charge in [0, 0.05) is 28.8 Å². The van der Waals surface area contributed by atoms with Crippen molar-refractivity contribution in [2.45, 2.75) is 111 Å². The van der Waals surface area contributed by atoms with Gasteiger partial charge in [0.25, 0.3) is 0 Å². The first-order valence-corrected chi connectivity index (χ1v) is 16.5. The fourth-order valence-electron chi connectivity index (χ4n) is 8.17. The summed E-state index contributed by atoms with van der Waals surface area (Å²) in [6.07, 6.45) is 13.8. The van der Waals surface area contributed by atoms with Gasteiger partial charge in [-0.1, -0.05) is 56.7 Å². The Morgan fingerprint density at radius 2 is 1.78 bits per heavy atom. The molecule has 0 radical (unpaired) electrons. The molecule has 2 saturated carbocycles. The molecule has 1 saturated heterocycles. The number of hydrogen-bond donors (Lipinski definition) is 0. The van der Waals surface area contributed by atoms with Gasteiger partial charge < -0.3 is 4.90 Å². The molecule has 0 spiro atoms. The van der Waals surface area contributed by atoms with Crippen molar-refractivity contribution in [1.29, 1.82) is 0 Å². The molecule has 7 atom stereocenters. The van der Waals surface area contributed by atoms with Gasteiger partial charge in [-0.15, -0.1) is 13.0 Å². The minimum Gasteiger partial charge on any atom is -0.370 e. The zero-order valence-electron chi connectivity index (χ0n) is 25.4. The molecule has 204 valence electrons. The molecule has 0 aromatic heterocycles. The van der Waals surface area contributed by atoms with Gasteiger partial charge in [-0.3, -0.25) is 0 Å². The van der Waals surface area contributed by atoms with Crippen molar-refractivity contribution in [3.05, 3.63) is 54.1 Å². The largest absolute Gasteiger partial charge is 0.370 e. The highest BCUT2D eigenvalue weighted by molar-refractivity contribution is 7.49. The molecule has 2 heteroatoms. The number of rotatable bonds is 5. The Morgan fingerprint density at radius 1 is 1.11 bits per heavy atom. The minimum atomic E-state index is -0.183. The van der Waals surface area contributed by atoms with Gasteiger partial charge in [0.05, 0.1) is 0 Å². The van der Waals surface area contributed by atoms with E-state index in [9.17, 15) is 0 Å². The molecule has 1 aliphatic heterocycles. The van der Waals surface area contributed by atoms with Crippen molar-refractivity contribution in [3.63, 3.8) is 0 Å². The molecule has 7 unspecified atom stereocenters. The second kappa shape index (κ2) is 10.6. The van der Waals surface area contributed by atoms with Crippen LogP contribution in [0, 0.1) is 34.7 Å². The minimum absolute atomic E-state index is 0.121. The molecular formula is C35H54NP. The van der Waals surface area contributed by atoms with Gasteiger partial charge in [-0.25, -0.2) is 0 Å². The Kier molecular flexibility index (Phi) is 8.21.